The van der Waals surface area contributed by atoms with Gasteiger partial charge in [-0.25, -0.2) is 0 Å². The first-order valence-corrected chi connectivity index (χ1v) is 2.80. The molecule has 4 nitrogen and oxygen atoms in total. The molecular weight excluding hydrogens is 128 g/mol. The zero-order valence-electron chi connectivity index (χ0n) is 5.81. The Labute approximate surface area is 59.8 Å². The molecule has 0 saturated heterocycles. The van der Waals surface area contributed by atoms with Crippen LogP contribution in [-0.4, -0.2) is 19.3 Å². The van der Waals surface area contributed by atoms with E-state index >= 15 is 0 Å². The average Bonchev–Trinajstić information content (AvgIpc) is 1.88. The number of allylic oxidation sites excluding steroid dienone is 1. The van der Waals surface area contributed by atoms with Crippen LogP contribution in [0.2, 0.25) is 0 Å². The number of nitriles is 1. The molecule has 0 aliphatic rings. The Kier molecular flexibility index (Phi) is 3.92. The number of rotatable bonds is 3. The fraction of sp³-hybridized carbons (Fsp3) is 0.333. The van der Waals surface area contributed by atoms with E-state index in [1.165, 1.54) is 6.08 Å². The molecule has 0 heterocycles. The molecule has 0 aromatic rings. The Balaban J connectivity index is 3.90. The highest BCUT2D eigenvalue weighted by molar-refractivity contribution is 5.94. The predicted molar refractivity (Wildman–Crippen MR) is 39.5 cm³/mol. The molecule has 0 aliphatic carbocycles. The van der Waals surface area contributed by atoms with Crippen molar-refractivity contribution in [1.29, 1.82) is 10.7 Å². The number of nitrogens with two attached hydrogens (primary N) is 1. The monoisotopic (exact) mass is 138 g/mol. The van der Waals surface area contributed by atoms with E-state index < -0.39 is 0 Å². The largest absolute Gasteiger partial charge is 0.390 e. The third-order valence-electron chi connectivity index (χ3n) is 0.826. The van der Waals surface area contributed by atoms with Gasteiger partial charge in [-0.1, -0.05) is 0 Å². The Morgan fingerprint density at radius 1 is 1.90 bits per heavy atom. The van der Waals surface area contributed by atoms with Gasteiger partial charge in [-0.2, -0.15) is 5.26 Å². The lowest BCUT2D eigenvalue weighted by atomic mass is 10.3. The van der Waals surface area contributed by atoms with Gasteiger partial charge in [-0.15, -0.1) is 0 Å². The van der Waals surface area contributed by atoms with Crippen LogP contribution in [0.15, 0.2) is 11.8 Å². The molecular formula is C6H10N4. The second kappa shape index (κ2) is 4.53. The standard InChI is InChI=1S/C6H10N4/c1-10-4-6(9)2-5(8)3-7/h2,9-10H,4,8H2,1H3/b5-2-,9-6?. The van der Waals surface area contributed by atoms with E-state index in [0.29, 0.717) is 12.3 Å². The summed E-state index contributed by atoms with van der Waals surface area (Å²) in [5.74, 6) is 0. The lowest BCUT2D eigenvalue weighted by Crippen LogP contribution is -2.16. The smallest absolute Gasteiger partial charge is 0.117 e. The van der Waals surface area contributed by atoms with Gasteiger partial charge in [0, 0.05) is 12.3 Å². The van der Waals surface area contributed by atoms with Crippen LogP contribution in [0.3, 0.4) is 0 Å². The normalized spacial score (nSPS) is 10.6. The summed E-state index contributed by atoms with van der Waals surface area (Å²) in [6, 6.07) is 1.72. The van der Waals surface area contributed by atoms with Crippen LogP contribution < -0.4 is 11.1 Å². The maximum Gasteiger partial charge on any atom is 0.117 e. The molecule has 0 amide bonds. The van der Waals surface area contributed by atoms with Gasteiger partial charge in [0.2, 0.25) is 0 Å². The zero-order valence-corrected chi connectivity index (χ0v) is 5.81. The van der Waals surface area contributed by atoms with E-state index in [0.717, 1.165) is 0 Å². The first kappa shape index (κ1) is 8.66. The highest BCUT2D eigenvalue weighted by atomic mass is 14.8. The van der Waals surface area contributed by atoms with E-state index in [-0.39, 0.29) is 5.70 Å². The summed E-state index contributed by atoms with van der Waals surface area (Å²) in [7, 11) is 1.73. The first-order chi connectivity index (χ1) is 4.70. The second-order valence-corrected chi connectivity index (χ2v) is 1.77. The van der Waals surface area contributed by atoms with Crippen LogP contribution in [0, 0.1) is 16.7 Å². The molecule has 0 aliphatic heterocycles. The fourth-order valence-electron chi connectivity index (χ4n) is 0.461. The number of nitrogens with zero attached hydrogens (tertiary/aromatic N) is 1. The van der Waals surface area contributed by atoms with Crippen molar-refractivity contribution in [2.75, 3.05) is 13.6 Å². The summed E-state index contributed by atoms with van der Waals surface area (Å²) in [6.07, 6.45) is 1.33. The van der Waals surface area contributed by atoms with E-state index in [4.69, 9.17) is 16.4 Å². The van der Waals surface area contributed by atoms with Gasteiger partial charge in [0.1, 0.15) is 11.8 Å². The summed E-state index contributed by atoms with van der Waals surface area (Å²) in [4.78, 5) is 0. The summed E-state index contributed by atoms with van der Waals surface area (Å²) in [5.41, 5.74) is 5.51. The summed E-state index contributed by atoms with van der Waals surface area (Å²) < 4.78 is 0. The van der Waals surface area contributed by atoms with E-state index in [1.807, 2.05) is 0 Å². The van der Waals surface area contributed by atoms with Crippen LogP contribution in [0.25, 0.3) is 0 Å². The molecule has 0 fully saturated rings. The maximum atomic E-state index is 8.19. The van der Waals surface area contributed by atoms with Crippen molar-refractivity contribution >= 4 is 5.71 Å². The Bertz CT molecular complexity index is 186. The second-order valence-electron chi connectivity index (χ2n) is 1.77. The molecule has 0 aromatic carbocycles. The highest BCUT2D eigenvalue weighted by Gasteiger charge is 1.90. The number of hydrogen-bond acceptors (Lipinski definition) is 4. The average molecular weight is 138 g/mol. The molecule has 0 unspecified atom stereocenters. The van der Waals surface area contributed by atoms with Crippen LogP contribution in [0.1, 0.15) is 0 Å². The van der Waals surface area contributed by atoms with Crippen molar-refractivity contribution in [3.8, 4) is 6.07 Å². The summed E-state index contributed by atoms with van der Waals surface area (Å²) in [6.45, 7) is 0.433. The molecule has 4 heteroatoms. The van der Waals surface area contributed by atoms with E-state index in [1.54, 1.807) is 13.1 Å². The topological polar surface area (TPSA) is 85.7 Å². The van der Waals surface area contributed by atoms with Crippen molar-refractivity contribution in [3.63, 3.8) is 0 Å². The summed E-state index contributed by atoms with van der Waals surface area (Å²) in [5, 5.41) is 18.1. The van der Waals surface area contributed by atoms with Gasteiger partial charge >= 0.3 is 0 Å². The zero-order chi connectivity index (χ0) is 7.98. The minimum Gasteiger partial charge on any atom is -0.390 e. The number of nitrogens with one attached hydrogen (secondary N) is 2. The first-order valence-electron chi connectivity index (χ1n) is 2.80. The lowest BCUT2D eigenvalue weighted by molar-refractivity contribution is 0.944. The molecule has 0 bridgehead atoms. The Morgan fingerprint density at radius 3 is 2.90 bits per heavy atom. The van der Waals surface area contributed by atoms with Crippen molar-refractivity contribution < 1.29 is 0 Å². The van der Waals surface area contributed by atoms with Gasteiger partial charge in [-0.3, -0.25) is 0 Å². The molecule has 0 saturated carbocycles. The predicted octanol–water partition coefficient (Wildman–Crippen LogP) is -0.408. The minimum atomic E-state index is 0.0697. The van der Waals surface area contributed by atoms with Gasteiger partial charge in [0.25, 0.3) is 0 Å². The number of hydrogen-bond donors (Lipinski definition) is 3. The molecule has 54 valence electrons. The molecule has 0 radical (unpaired) electrons. The third kappa shape index (κ3) is 3.64. The fourth-order valence-corrected chi connectivity index (χ4v) is 0.461. The van der Waals surface area contributed by atoms with Crippen molar-refractivity contribution in [2.24, 2.45) is 5.73 Å². The van der Waals surface area contributed by atoms with Crippen LogP contribution in [0.4, 0.5) is 0 Å². The molecule has 0 rings (SSSR count). The van der Waals surface area contributed by atoms with Gasteiger partial charge < -0.3 is 16.5 Å². The van der Waals surface area contributed by atoms with Crippen LogP contribution in [-0.2, 0) is 0 Å². The lowest BCUT2D eigenvalue weighted by Gasteiger charge is -1.94. The minimum absolute atomic E-state index is 0.0697. The molecule has 0 spiro atoms. The Hall–Kier alpha value is -1.34. The van der Waals surface area contributed by atoms with Gasteiger partial charge in [-0.05, 0) is 13.1 Å². The van der Waals surface area contributed by atoms with Crippen molar-refractivity contribution in [2.45, 2.75) is 0 Å². The highest BCUT2D eigenvalue weighted by Crippen LogP contribution is 1.80. The van der Waals surface area contributed by atoms with Crippen molar-refractivity contribution in [1.82, 2.24) is 5.32 Å². The van der Waals surface area contributed by atoms with Crippen LogP contribution >= 0.6 is 0 Å². The van der Waals surface area contributed by atoms with E-state index in [2.05, 4.69) is 5.32 Å². The van der Waals surface area contributed by atoms with Gasteiger partial charge in [0.15, 0.2) is 0 Å². The Morgan fingerprint density at radius 2 is 2.50 bits per heavy atom. The van der Waals surface area contributed by atoms with Gasteiger partial charge in [0.05, 0.1) is 0 Å². The SMILES string of the molecule is CNCC(=N)/C=C(\N)C#N. The summed E-state index contributed by atoms with van der Waals surface area (Å²) >= 11 is 0. The quantitative estimate of drug-likeness (QED) is 0.366. The molecule has 0 atom stereocenters. The van der Waals surface area contributed by atoms with E-state index in [9.17, 15) is 0 Å². The van der Waals surface area contributed by atoms with Crippen molar-refractivity contribution in [3.05, 3.63) is 11.8 Å². The molecule has 10 heavy (non-hydrogen) atoms. The molecule has 4 N–H and O–H groups in total. The maximum absolute atomic E-state index is 8.19. The van der Waals surface area contributed by atoms with Crippen LogP contribution in [0.5, 0.6) is 0 Å². The molecule has 0 aromatic heterocycles. The third-order valence-corrected chi connectivity index (χ3v) is 0.826.